The van der Waals surface area contributed by atoms with Crippen molar-refractivity contribution in [3.05, 3.63) is 36.0 Å². The van der Waals surface area contributed by atoms with Crippen LogP contribution in [-0.2, 0) is 9.84 Å². The molecule has 0 saturated heterocycles. The van der Waals surface area contributed by atoms with Gasteiger partial charge in [0.15, 0.2) is 15.9 Å². The second-order valence-corrected chi connectivity index (χ2v) is 6.18. The van der Waals surface area contributed by atoms with Crippen molar-refractivity contribution < 1.29 is 17.6 Å². The van der Waals surface area contributed by atoms with E-state index in [2.05, 4.69) is 10.2 Å². The van der Waals surface area contributed by atoms with Crippen LogP contribution in [0, 0.1) is 6.92 Å². The summed E-state index contributed by atoms with van der Waals surface area (Å²) in [7, 11) is -3.19. The predicted octanol–water partition coefficient (Wildman–Crippen LogP) is 1.92. The van der Waals surface area contributed by atoms with Crippen LogP contribution >= 0.6 is 0 Å². The molecule has 6 nitrogen and oxygen atoms in total. The van der Waals surface area contributed by atoms with E-state index >= 15 is 0 Å². The van der Waals surface area contributed by atoms with Crippen molar-refractivity contribution in [2.24, 2.45) is 0 Å². The van der Waals surface area contributed by atoms with E-state index in [1.807, 2.05) is 0 Å². The largest absolute Gasteiger partial charge is 0.481 e. The van der Waals surface area contributed by atoms with Gasteiger partial charge < -0.3 is 9.15 Å². The van der Waals surface area contributed by atoms with Crippen molar-refractivity contribution in [2.45, 2.75) is 24.8 Å². The highest BCUT2D eigenvalue weighted by Crippen LogP contribution is 2.22. The maximum Gasteiger partial charge on any atom is 0.256 e. The molecule has 2 aromatic rings. The molecule has 0 radical (unpaired) electrons. The first kappa shape index (κ1) is 13.5. The molecule has 0 fully saturated rings. The molecular formula is C12H14N2O4S. The Morgan fingerprint density at radius 1 is 1.21 bits per heavy atom. The number of aryl methyl sites for hydroxylation is 1. The summed E-state index contributed by atoms with van der Waals surface area (Å²) in [6.07, 6.45) is 0.762. The Morgan fingerprint density at radius 3 is 2.32 bits per heavy atom. The van der Waals surface area contributed by atoms with Crippen molar-refractivity contribution in [1.29, 1.82) is 0 Å². The first-order chi connectivity index (χ1) is 8.86. The number of ether oxygens (including phenoxy) is 1. The molecule has 19 heavy (non-hydrogen) atoms. The monoisotopic (exact) mass is 282 g/mol. The molecule has 1 heterocycles. The molecule has 0 spiro atoms. The van der Waals surface area contributed by atoms with Gasteiger partial charge in [-0.2, -0.15) is 0 Å². The fraction of sp³-hybridized carbons (Fsp3) is 0.333. The standard InChI is InChI=1S/C12H14N2O4S/c1-8(12-14-13-9(2)18-12)17-10-4-6-11(7-5-10)19(3,15)16/h4-8H,1-3H3. The quantitative estimate of drug-likeness (QED) is 0.852. The molecule has 2 rings (SSSR count). The fourth-order valence-electron chi connectivity index (χ4n) is 1.50. The summed E-state index contributed by atoms with van der Waals surface area (Å²) in [5, 5.41) is 7.58. The van der Waals surface area contributed by atoms with E-state index in [0.29, 0.717) is 17.5 Å². The normalized spacial score (nSPS) is 13.2. The van der Waals surface area contributed by atoms with Crippen LogP contribution in [0.5, 0.6) is 5.75 Å². The highest BCUT2D eigenvalue weighted by atomic mass is 32.2. The third-order valence-corrected chi connectivity index (χ3v) is 3.58. The van der Waals surface area contributed by atoms with E-state index in [1.165, 1.54) is 12.1 Å². The van der Waals surface area contributed by atoms with Gasteiger partial charge in [-0.3, -0.25) is 0 Å². The number of hydrogen-bond donors (Lipinski definition) is 0. The molecule has 1 aromatic carbocycles. The number of nitrogens with zero attached hydrogens (tertiary/aromatic N) is 2. The fourth-order valence-corrected chi connectivity index (χ4v) is 2.13. The Bertz CT molecular complexity index is 661. The van der Waals surface area contributed by atoms with Crippen molar-refractivity contribution in [3.63, 3.8) is 0 Å². The van der Waals surface area contributed by atoms with Crippen LogP contribution in [0.1, 0.15) is 24.8 Å². The van der Waals surface area contributed by atoms with Crippen molar-refractivity contribution >= 4 is 9.84 Å². The predicted molar refractivity (Wildman–Crippen MR) is 67.6 cm³/mol. The summed E-state index contributed by atoms with van der Waals surface area (Å²) in [5.41, 5.74) is 0. The molecule has 0 aliphatic rings. The smallest absolute Gasteiger partial charge is 0.256 e. The van der Waals surface area contributed by atoms with Crippen LogP contribution in [0.25, 0.3) is 0 Å². The van der Waals surface area contributed by atoms with Crippen molar-refractivity contribution in [2.75, 3.05) is 6.26 Å². The van der Waals surface area contributed by atoms with Crippen molar-refractivity contribution in [3.8, 4) is 5.75 Å². The molecule has 0 aliphatic heterocycles. The summed E-state index contributed by atoms with van der Waals surface area (Å²) in [6.45, 7) is 3.47. The number of aromatic nitrogens is 2. The lowest BCUT2D eigenvalue weighted by molar-refractivity contribution is 0.187. The Morgan fingerprint density at radius 2 is 1.84 bits per heavy atom. The third kappa shape index (κ3) is 3.31. The maximum atomic E-state index is 11.3. The van der Waals surface area contributed by atoms with E-state index in [4.69, 9.17) is 9.15 Å². The van der Waals surface area contributed by atoms with E-state index in [0.717, 1.165) is 6.26 Å². The zero-order valence-electron chi connectivity index (χ0n) is 10.8. The maximum absolute atomic E-state index is 11.3. The molecule has 0 bridgehead atoms. The first-order valence-corrected chi connectivity index (χ1v) is 7.52. The average molecular weight is 282 g/mol. The molecule has 1 unspecified atom stereocenters. The minimum Gasteiger partial charge on any atom is -0.481 e. The lowest BCUT2D eigenvalue weighted by Crippen LogP contribution is -2.04. The Kier molecular flexibility index (Phi) is 3.57. The molecular weight excluding hydrogens is 268 g/mol. The van der Waals surface area contributed by atoms with Gasteiger partial charge in [-0.25, -0.2) is 8.42 Å². The van der Waals surface area contributed by atoms with E-state index < -0.39 is 15.9 Å². The lowest BCUT2D eigenvalue weighted by Gasteiger charge is -2.11. The van der Waals surface area contributed by atoms with E-state index in [9.17, 15) is 8.42 Å². The van der Waals surface area contributed by atoms with Gasteiger partial charge in [0.2, 0.25) is 5.89 Å². The van der Waals surface area contributed by atoms with Crippen LogP contribution < -0.4 is 4.74 Å². The summed E-state index contributed by atoms with van der Waals surface area (Å²) in [6, 6.07) is 6.18. The van der Waals surface area contributed by atoms with Crippen LogP contribution in [-0.4, -0.2) is 24.9 Å². The van der Waals surface area contributed by atoms with Gasteiger partial charge in [0, 0.05) is 13.2 Å². The van der Waals surface area contributed by atoms with Crippen molar-refractivity contribution in [1.82, 2.24) is 10.2 Å². The van der Waals surface area contributed by atoms with Gasteiger partial charge in [-0.15, -0.1) is 10.2 Å². The summed E-state index contributed by atoms with van der Waals surface area (Å²) in [5.74, 6) is 1.39. The van der Waals surface area contributed by atoms with E-state index in [-0.39, 0.29) is 4.90 Å². The zero-order valence-corrected chi connectivity index (χ0v) is 11.6. The molecule has 0 N–H and O–H groups in total. The number of hydrogen-bond acceptors (Lipinski definition) is 6. The number of sulfone groups is 1. The van der Waals surface area contributed by atoms with Gasteiger partial charge >= 0.3 is 0 Å². The second-order valence-electron chi connectivity index (χ2n) is 4.16. The summed E-state index contributed by atoms with van der Waals surface area (Å²) in [4.78, 5) is 0.251. The van der Waals surface area contributed by atoms with Gasteiger partial charge in [0.1, 0.15) is 5.75 Å². The first-order valence-electron chi connectivity index (χ1n) is 5.63. The third-order valence-electron chi connectivity index (χ3n) is 2.45. The van der Waals surface area contributed by atoms with Crippen LogP contribution in [0.2, 0.25) is 0 Å². The Balaban J connectivity index is 2.12. The van der Waals surface area contributed by atoms with Gasteiger partial charge in [-0.1, -0.05) is 0 Å². The SMILES string of the molecule is Cc1nnc(C(C)Oc2ccc(S(C)(=O)=O)cc2)o1. The minimum absolute atomic E-state index is 0.251. The molecule has 7 heteroatoms. The molecule has 102 valence electrons. The topological polar surface area (TPSA) is 82.3 Å². The number of benzene rings is 1. The number of rotatable bonds is 4. The minimum atomic E-state index is -3.19. The van der Waals surface area contributed by atoms with Crippen LogP contribution in [0.4, 0.5) is 0 Å². The Hall–Kier alpha value is -1.89. The molecule has 0 aliphatic carbocycles. The van der Waals surface area contributed by atoms with Crippen LogP contribution in [0.15, 0.2) is 33.6 Å². The Labute approximate surface area is 111 Å². The summed E-state index contributed by atoms with van der Waals surface area (Å²) < 4.78 is 33.5. The molecule has 1 aromatic heterocycles. The highest BCUT2D eigenvalue weighted by Gasteiger charge is 2.14. The highest BCUT2D eigenvalue weighted by molar-refractivity contribution is 7.90. The molecule has 0 amide bonds. The van der Waals surface area contributed by atoms with E-state index in [1.54, 1.807) is 26.0 Å². The van der Waals surface area contributed by atoms with Gasteiger partial charge in [-0.05, 0) is 31.2 Å². The van der Waals surface area contributed by atoms with Gasteiger partial charge in [0.25, 0.3) is 5.89 Å². The second kappa shape index (κ2) is 5.00. The van der Waals surface area contributed by atoms with Gasteiger partial charge in [0.05, 0.1) is 4.90 Å². The lowest BCUT2D eigenvalue weighted by atomic mass is 10.3. The average Bonchev–Trinajstić information content (AvgIpc) is 2.75. The zero-order chi connectivity index (χ0) is 14.0. The summed E-state index contributed by atoms with van der Waals surface area (Å²) >= 11 is 0. The molecule has 1 atom stereocenters. The molecule has 0 saturated carbocycles. The van der Waals surface area contributed by atoms with Crippen LogP contribution in [0.3, 0.4) is 0 Å².